The van der Waals surface area contributed by atoms with Gasteiger partial charge in [0.05, 0.1) is 16.1 Å². The zero-order chi connectivity index (χ0) is 25.7. The van der Waals surface area contributed by atoms with Gasteiger partial charge in [-0.15, -0.1) is 0 Å². The minimum absolute atomic E-state index is 0.0883. The number of pyridine rings is 1. The number of carbonyl (C=O) groups is 1. The number of amides is 1. The zero-order valence-electron chi connectivity index (χ0n) is 18.4. The Bertz CT molecular complexity index is 1390. The standard InChI is InChI=1S/C22H19ClF4N6O2/c1-3-15(34)31-4-6-32(7-5-31)20-12-9-14(22(25,26)27)33(21(35)18(12)29-10-30-20)19-16(24)11(2)8-13(23)17(19)28/h3,8-10H,1,4-7,28H2,2H3. The Morgan fingerprint density at radius 2 is 1.86 bits per heavy atom. The number of aryl methyl sites for hydroxylation is 1. The molecule has 3 heterocycles. The lowest BCUT2D eigenvalue weighted by molar-refractivity contribution is -0.142. The molecule has 1 aromatic carbocycles. The molecule has 0 saturated carbocycles. The van der Waals surface area contributed by atoms with Crippen molar-refractivity contribution in [2.45, 2.75) is 13.1 Å². The molecule has 13 heteroatoms. The molecule has 0 atom stereocenters. The second kappa shape index (κ2) is 8.84. The van der Waals surface area contributed by atoms with Crippen molar-refractivity contribution in [3.05, 3.63) is 63.6 Å². The lowest BCUT2D eigenvalue weighted by atomic mass is 10.1. The van der Waals surface area contributed by atoms with Crippen molar-refractivity contribution >= 4 is 39.9 Å². The molecule has 0 spiro atoms. The Balaban J connectivity index is 1.96. The van der Waals surface area contributed by atoms with E-state index in [1.54, 1.807) is 4.90 Å². The van der Waals surface area contributed by atoms with Gasteiger partial charge in [-0.3, -0.25) is 14.2 Å². The molecule has 0 bridgehead atoms. The first-order valence-electron chi connectivity index (χ1n) is 10.3. The fourth-order valence-electron chi connectivity index (χ4n) is 4.02. The van der Waals surface area contributed by atoms with Crippen molar-refractivity contribution in [3.63, 3.8) is 0 Å². The number of nitrogens with zero attached hydrogens (tertiary/aromatic N) is 5. The summed E-state index contributed by atoms with van der Waals surface area (Å²) in [6.45, 7) is 5.80. The summed E-state index contributed by atoms with van der Waals surface area (Å²) in [6.07, 6.45) is -2.85. The van der Waals surface area contributed by atoms with E-state index in [-0.39, 0.29) is 64.0 Å². The number of carbonyl (C=O) groups excluding carboxylic acids is 1. The average molecular weight is 511 g/mol. The SMILES string of the molecule is C=CC(=O)N1CCN(c2ncnc3c(=O)n(-c4c(N)c(Cl)cc(C)c4F)c(C(F)(F)F)cc23)CC1. The largest absolute Gasteiger partial charge is 0.431 e. The summed E-state index contributed by atoms with van der Waals surface area (Å²) < 4.78 is 57.8. The summed E-state index contributed by atoms with van der Waals surface area (Å²) in [5, 5.41) is -0.364. The van der Waals surface area contributed by atoms with E-state index in [9.17, 15) is 22.8 Å². The number of anilines is 2. The monoisotopic (exact) mass is 510 g/mol. The predicted octanol–water partition coefficient (Wildman–Crippen LogP) is 3.32. The van der Waals surface area contributed by atoms with E-state index in [2.05, 4.69) is 16.5 Å². The fourth-order valence-corrected chi connectivity index (χ4v) is 4.28. The number of nitrogens with two attached hydrogens (primary N) is 1. The normalized spacial score (nSPS) is 14.5. The highest BCUT2D eigenvalue weighted by atomic mass is 35.5. The Hall–Kier alpha value is -3.67. The topological polar surface area (TPSA) is 97.4 Å². The molecule has 1 aliphatic rings. The van der Waals surface area contributed by atoms with Crippen molar-refractivity contribution in [2.75, 3.05) is 36.8 Å². The van der Waals surface area contributed by atoms with Crippen LogP contribution in [0.25, 0.3) is 16.6 Å². The van der Waals surface area contributed by atoms with Gasteiger partial charge >= 0.3 is 6.18 Å². The van der Waals surface area contributed by atoms with Crippen LogP contribution in [0.3, 0.4) is 0 Å². The summed E-state index contributed by atoms with van der Waals surface area (Å²) in [5.41, 5.74) is 1.38. The van der Waals surface area contributed by atoms with Crippen LogP contribution in [0.15, 0.2) is 35.9 Å². The number of alkyl halides is 3. The molecule has 8 nitrogen and oxygen atoms in total. The first kappa shape index (κ1) is 24.5. The Morgan fingerprint density at radius 3 is 2.46 bits per heavy atom. The van der Waals surface area contributed by atoms with E-state index in [0.717, 1.165) is 12.4 Å². The number of hydrogen-bond acceptors (Lipinski definition) is 6. The minimum Gasteiger partial charge on any atom is -0.396 e. The summed E-state index contributed by atoms with van der Waals surface area (Å²) in [7, 11) is 0. The number of fused-ring (bicyclic) bond motifs is 1. The smallest absolute Gasteiger partial charge is 0.396 e. The molecular weight excluding hydrogens is 492 g/mol. The van der Waals surface area contributed by atoms with E-state index < -0.39 is 34.6 Å². The Kier molecular flexibility index (Phi) is 6.18. The van der Waals surface area contributed by atoms with Gasteiger partial charge in [-0.05, 0) is 30.7 Å². The van der Waals surface area contributed by atoms with E-state index in [4.69, 9.17) is 17.3 Å². The van der Waals surface area contributed by atoms with Crippen LogP contribution >= 0.6 is 11.6 Å². The molecule has 2 aromatic heterocycles. The number of nitrogen functional groups attached to an aromatic ring is 1. The number of rotatable bonds is 3. The summed E-state index contributed by atoms with van der Waals surface area (Å²) in [4.78, 5) is 36.4. The number of benzene rings is 1. The van der Waals surface area contributed by atoms with Gasteiger partial charge in [0.25, 0.3) is 5.56 Å². The van der Waals surface area contributed by atoms with Crippen LogP contribution in [0.4, 0.5) is 29.1 Å². The van der Waals surface area contributed by atoms with Gasteiger partial charge in [0.1, 0.15) is 29.0 Å². The molecular formula is C22H19ClF4N6O2. The highest BCUT2D eigenvalue weighted by Crippen LogP contribution is 2.37. The van der Waals surface area contributed by atoms with E-state index >= 15 is 4.39 Å². The van der Waals surface area contributed by atoms with Crippen molar-refractivity contribution in [1.82, 2.24) is 19.4 Å². The number of piperazine rings is 1. The molecule has 0 radical (unpaired) electrons. The van der Waals surface area contributed by atoms with Gasteiger partial charge in [-0.2, -0.15) is 13.2 Å². The van der Waals surface area contributed by atoms with Crippen molar-refractivity contribution in [2.24, 2.45) is 0 Å². The third kappa shape index (κ3) is 4.18. The van der Waals surface area contributed by atoms with Crippen molar-refractivity contribution in [3.8, 4) is 5.69 Å². The fraction of sp³-hybridized carbons (Fsp3) is 0.273. The quantitative estimate of drug-likeness (QED) is 0.330. The Labute approximate surface area is 201 Å². The minimum atomic E-state index is -5.06. The molecule has 0 unspecified atom stereocenters. The molecule has 1 saturated heterocycles. The van der Waals surface area contributed by atoms with Crippen LogP contribution in [0.2, 0.25) is 5.02 Å². The van der Waals surface area contributed by atoms with Gasteiger partial charge in [-0.1, -0.05) is 18.2 Å². The van der Waals surface area contributed by atoms with Crippen LogP contribution in [0.1, 0.15) is 11.3 Å². The maximum Gasteiger partial charge on any atom is 0.431 e. The maximum absolute atomic E-state index is 15.0. The van der Waals surface area contributed by atoms with Crippen LogP contribution < -0.4 is 16.2 Å². The molecule has 2 N–H and O–H groups in total. The van der Waals surface area contributed by atoms with Crippen LogP contribution in [0, 0.1) is 12.7 Å². The first-order chi connectivity index (χ1) is 16.5. The van der Waals surface area contributed by atoms with Crippen molar-refractivity contribution < 1.29 is 22.4 Å². The summed E-state index contributed by atoms with van der Waals surface area (Å²) >= 11 is 5.99. The molecule has 0 aliphatic carbocycles. The molecule has 4 rings (SSSR count). The molecule has 3 aromatic rings. The Morgan fingerprint density at radius 1 is 1.20 bits per heavy atom. The number of aromatic nitrogens is 3. The second-order valence-electron chi connectivity index (χ2n) is 7.90. The van der Waals surface area contributed by atoms with Crippen LogP contribution in [-0.4, -0.2) is 51.5 Å². The van der Waals surface area contributed by atoms with Gasteiger partial charge in [-0.25, -0.2) is 14.4 Å². The molecule has 1 fully saturated rings. The number of halogens is 5. The lowest BCUT2D eigenvalue weighted by Gasteiger charge is -2.35. The molecule has 184 valence electrons. The van der Waals surface area contributed by atoms with Crippen molar-refractivity contribution in [1.29, 1.82) is 0 Å². The maximum atomic E-state index is 15.0. The first-order valence-corrected chi connectivity index (χ1v) is 10.7. The third-order valence-corrected chi connectivity index (χ3v) is 6.09. The van der Waals surface area contributed by atoms with E-state index in [0.29, 0.717) is 6.07 Å². The molecule has 1 aliphatic heterocycles. The highest BCUT2D eigenvalue weighted by molar-refractivity contribution is 6.33. The van der Waals surface area contributed by atoms with Gasteiger partial charge in [0.2, 0.25) is 5.91 Å². The van der Waals surface area contributed by atoms with Gasteiger partial charge in [0, 0.05) is 26.2 Å². The van der Waals surface area contributed by atoms with Crippen LogP contribution in [-0.2, 0) is 11.0 Å². The summed E-state index contributed by atoms with van der Waals surface area (Å²) in [6, 6.07) is 1.86. The van der Waals surface area contributed by atoms with Gasteiger partial charge < -0.3 is 15.5 Å². The summed E-state index contributed by atoms with van der Waals surface area (Å²) in [5.74, 6) is -1.29. The molecule has 1 amide bonds. The van der Waals surface area contributed by atoms with E-state index in [1.165, 1.54) is 17.9 Å². The molecule has 35 heavy (non-hydrogen) atoms. The zero-order valence-corrected chi connectivity index (χ0v) is 19.1. The predicted molar refractivity (Wildman–Crippen MR) is 123 cm³/mol. The van der Waals surface area contributed by atoms with Gasteiger partial charge in [0.15, 0.2) is 5.82 Å². The van der Waals surface area contributed by atoms with Crippen LogP contribution in [0.5, 0.6) is 0 Å². The highest BCUT2D eigenvalue weighted by Gasteiger charge is 2.38. The number of hydrogen-bond donors (Lipinski definition) is 1. The second-order valence-corrected chi connectivity index (χ2v) is 8.30. The average Bonchev–Trinajstić information content (AvgIpc) is 2.82. The lowest BCUT2D eigenvalue weighted by Crippen LogP contribution is -2.48. The third-order valence-electron chi connectivity index (χ3n) is 5.78. The van der Waals surface area contributed by atoms with E-state index in [1.807, 2.05) is 0 Å².